The molecule has 0 spiro atoms. The average molecular weight is 276 g/mol. The highest BCUT2D eigenvalue weighted by molar-refractivity contribution is 7.85. The Morgan fingerprint density at radius 1 is 0.944 bits per heavy atom. The van der Waals surface area contributed by atoms with Crippen LogP contribution in [0.5, 0.6) is 0 Å². The van der Waals surface area contributed by atoms with Gasteiger partial charge in [-0.3, -0.25) is 9.35 Å². The number of hydrogen-bond acceptors (Lipinski definition) is 3. The molecule has 0 fully saturated rings. The van der Waals surface area contributed by atoms with E-state index in [0.717, 1.165) is 44.9 Å². The Bertz CT molecular complexity index is 333. The second-order valence-electron chi connectivity index (χ2n) is 4.53. The molecule has 0 radical (unpaired) electrons. The summed E-state index contributed by atoms with van der Waals surface area (Å²) >= 11 is 0. The molecule has 5 heteroatoms. The van der Waals surface area contributed by atoms with Gasteiger partial charge in [0, 0.05) is 6.42 Å². The first-order chi connectivity index (χ1) is 8.45. The minimum absolute atomic E-state index is 0.111. The van der Waals surface area contributed by atoms with Crippen LogP contribution in [0, 0.1) is 0 Å². The number of hydrogen-bond donors (Lipinski definition) is 1. The Kier molecular flexibility index (Phi) is 9.87. The summed E-state index contributed by atoms with van der Waals surface area (Å²) in [6.45, 7) is 3.42. The zero-order valence-electron chi connectivity index (χ0n) is 10.9. The van der Waals surface area contributed by atoms with Crippen LogP contribution in [0.2, 0.25) is 0 Å². The molecule has 1 N–H and O–H groups in total. The van der Waals surface area contributed by atoms with Crippen LogP contribution in [0.25, 0.3) is 0 Å². The van der Waals surface area contributed by atoms with E-state index in [0.29, 0.717) is 12.8 Å². The molecule has 0 aromatic heterocycles. The van der Waals surface area contributed by atoms with Gasteiger partial charge in [-0.1, -0.05) is 45.1 Å². The van der Waals surface area contributed by atoms with Crippen LogP contribution < -0.4 is 0 Å². The summed E-state index contributed by atoms with van der Waals surface area (Å²) in [6, 6.07) is 0. The van der Waals surface area contributed by atoms with E-state index in [1.807, 2.05) is 0 Å². The highest BCUT2D eigenvalue weighted by Crippen LogP contribution is 2.10. The molecule has 0 aliphatic carbocycles. The van der Waals surface area contributed by atoms with Gasteiger partial charge in [0.25, 0.3) is 10.1 Å². The molecular formula is C13H24O4S. The van der Waals surface area contributed by atoms with E-state index >= 15 is 0 Å². The maximum Gasteiger partial charge on any atom is 0.264 e. The third-order valence-electron chi connectivity index (χ3n) is 2.80. The van der Waals surface area contributed by atoms with E-state index in [-0.39, 0.29) is 11.5 Å². The molecule has 0 rings (SSSR count). The van der Waals surface area contributed by atoms with Crippen LogP contribution in [0.3, 0.4) is 0 Å². The summed E-state index contributed by atoms with van der Waals surface area (Å²) in [7, 11) is -3.78. The van der Waals surface area contributed by atoms with Crippen LogP contribution >= 0.6 is 0 Å². The van der Waals surface area contributed by atoms with Crippen LogP contribution in [0.4, 0.5) is 0 Å². The topological polar surface area (TPSA) is 71.4 Å². The molecule has 0 unspecified atom stereocenters. The lowest BCUT2D eigenvalue weighted by Crippen LogP contribution is -2.03. The second kappa shape index (κ2) is 10.3. The van der Waals surface area contributed by atoms with Crippen LogP contribution in [0.15, 0.2) is 12.7 Å². The second-order valence-corrected chi connectivity index (χ2v) is 6.11. The van der Waals surface area contributed by atoms with E-state index in [1.165, 1.54) is 6.08 Å². The van der Waals surface area contributed by atoms with Crippen molar-refractivity contribution in [2.75, 3.05) is 5.75 Å². The Hall–Kier alpha value is -0.680. The summed E-state index contributed by atoms with van der Waals surface area (Å²) in [5.41, 5.74) is 0. The molecular weight excluding hydrogens is 252 g/mol. The fourth-order valence-corrected chi connectivity index (χ4v) is 2.32. The van der Waals surface area contributed by atoms with E-state index in [1.54, 1.807) is 0 Å². The SMILES string of the molecule is C=CC(=O)CCCCCCCCCCS(=O)(=O)O. The van der Waals surface area contributed by atoms with E-state index < -0.39 is 10.1 Å². The number of carbonyl (C=O) groups is 1. The predicted octanol–water partition coefficient (Wildman–Crippen LogP) is 3.14. The largest absolute Gasteiger partial charge is 0.295 e. The van der Waals surface area contributed by atoms with E-state index in [4.69, 9.17) is 4.55 Å². The molecule has 0 saturated carbocycles. The maximum atomic E-state index is 10.9. The molecule has 0 aromatic carbocycles. The first-order valence-electron chi connectivity index (χ1n) is 6.56. The minimum Gasteiger partial charge on any atom is -0.295 e. The van der Waals surface area contributed by atoms with E-state index in [2.05, 4.69) is 6.58 Å². The maximum absolute atomic E-state index is 10.9. The molecule has 0 saturated heterocycles. The van der Waals surface area contributed by atoms with Gasteiger partial charge >= 0.3 is 0 Å². The van der Waals surface area contributed by atoms with E-state index in [9.17, 15) is 13.2 Å². The van der Waals surface area contributed by atoms with Gasteiger partial charge < -0.3 is 0 Å². The Morgan fingerprint density at radius 2 is 1.39 bits per heavy atom. The average Bonchev–Trinajstić information content (AvgIpc) is 2.29. The summed E-state index contributed by atoms with van der Waals surface area (Å²) in [5.74, 6) is -0.0170. The third-order valence-corrected chi connectivity index (χ3v) is 3.61. The molecule has 0 amide bonds. The van der Waals surface area contributed by atoms with Gasteiger partial charge in [-0.15, -0.1) is 0 Å². The molecule has 0 bridgehead atoms. The molecule has 0 heterocycles. The first-order valence-corrected chi connectivity index (χ1v) is 8.17. The first kappa shape index (κ1) is 17.3. The van der Waals surface area contributed by atoms with Crippen molar-refractivity contribution in [2.24, 2.45) is 0 Å². The van der Waals surface area contributed by atoms with Gasteiger partial charge in [0.2, 0.25) is 0 Å². The Morgan fingerprint density at radius 3 is 1.83 bits per heavy atom. The summed E-state index contributed by atoms with van der Waals surface area (Å²) in [6.07, 6.45) is 9.64. The quantitative estimate of drug-likeness (QED) is 0.338. The molecule has 18 heavy (non-hydrogen) atoms. The number of carbonyl (C=O) groups excluding carboxylic acids is 1. The van der Waals surface area contributed by atoms with Crippen molar-refractivity contribution < 1.29 is 17.8 Å². The van der Waals surface area contributed by atoms with Crippen molar-refractivity contribution in [2.45, 2.75) is 57.8 Å². The lowest BCUT2D eigenvalue weighted by molar-refractivity contribution is -0.114. The van der Waals surface area contributed by atoms with Crippen molar-refractivity contribution in [3.8, 4) is 0 Å². The van der Waals surface area contributed by atoms with Gasteiger partial charge in [-0.25, -0.2) is 0 Å². The zero-order chi connectivity index (χ0) is 13.9. The van der Waals surface area contributed by atoms with Crippen molar-refractivity contribution in [3.05, 3.63) is 12.7 Å². The van der Waals surface area contributed by atoms with Crippen LogP contribution in [-0.4, -0.2) is 24.5 Å². The fraction of sp³-hybridized carbons (Fsp3) is 0.769. The zero-order valence-corrected chi connectivity index (χ0v) is 11.8. The molecule has 0 aromatic rings. The smallest absolute Gasteiger partial charge is 0.264 e. The summed E-state index contributed by atoms with van der Waals surface area (Å²) in [5, 5.41) is 0. The minimum atomic E-state index is -3.78. The Labute approximate surface area is 110 Å². The van der Waals surface area contributed by atoms with Gasteiger partial charge in [0.05, 0.1) is 5.75 Å². The van der Waals surface area contributed by atoms with Gasteiger partial charge in [-0.05, 0) is 18.9 Å². The highest BCUT2D eigenvalue weighted by Gasteiger charge is 2.02. The van der Waals surface area contributed by atoms with Crippen molar-refractivity contribution in [1.82, 2.24) is 0 Å². The van der Waals surface area contributed by atoms with Crippen LogP contribution in [0.1, 0.15) is 57.8 Å². The summed E-state index contributed by atoms with van der Waals surface area (Å²) < 4.78 is 29.4. The van der Waals surface area contributed by atoms with Gasteiger partial charge in [-0.2, -0.15) is 8.42 Å². The third kappa shape index (κ3) is 13.4. The van der Waals surface area contributed by atoms with Crippen molar-refractivity contribution in [1.29, 1.82) is 0 Å². The molecule has 0 aliphatic rings. The van der Waals surface area contributed by atoms with Crippen molar-refractivity contribution >= 4 is 15.9 Å². The van der Waals surface area contributed by atoms with Gasteiger partial charge in [0.15, 0.2) is 5.78 Å². The highest BCUT2D eigenvalue weighted by atomic mass is 32.2. The Balaban J connectivity index is 3.17. The molecule has 106 valence electrons. The number of unbranched alkanes of at least 4 members (excludes halogenated alkanes) is 7. The van der Waals surface area contributed by atoms with Crippen molar-refractivity contribution in [3.63, 3.8) is 0 Å². The van der Waals surface area contributed by atoms with Gasteiger partial charge in [0.1, 0.15) is 0 Å². The standard InChI is InChI=1S/C13H24O4S/c1-2-13(14)11-9-7-5-3-4-6-8-10-12-18(15,16)17/h2H,1,3-12H2,(H,15,16,17). The lowest BCUT2D eigenvalue weighted by atomic mass is 10.1. The molecule has 0 atom stereocenters. The van der Waals surface area contributed by atoms with Crippen LogP contribution in [-0.2, 0) is 14.9 Å². The molecule has 0 aliphatic heterocycles. The number of rotatable bonds is 12. The monoisotopic (exact) mass is 276 g/mol. The predicted molar refractivity (Wildman–Crippen MR) is 73.2 cm³/mol. The molecule has 4 nitrogen and oxygen atoms in total. The normalized spacial score (nSPS) is 11.4. The fourth-order valence-electron chi connectivity index (χ4n) is 1.75. The lowest BCUT2D eigenvalue weighted by Gasteiger charge is -2.01. The summed E-state index contributed by atoms with van der Waals surface area (Å²) in [4.78, 5) is 10.9. The number of ketones is 1. The number of allylic oxidation sites excluding steroid dienone is 1.